The number of amides is 1. The van der Waals surface area contributed by atoms with Crippen molar-refractivity contribution in [3.63, 3.8) is 0 Å². The summed E-state index contributed by atoms with van der Waals surface area (Å²) in [5.41, 5.74) is -1.97. The predicted molar refractivity (Wildman–Crippen MR) is 65.1 cm³/mol. The van der Waals surface area contributed by atoms with Gasteiger partial charge >= 0.3 is 12.1 Å². The van der Waals surface area contributed by atoms with Crippen LogP contribution in [0, 0.1) is 0 Å². The van der Waals surface area contributed by atoms with Crippen LogP contribution in [0.5, 0.6) is 0 Å². The van der Waals surface area contributed by atoms with Gasteiger partial charge in [-0.25, -0.2) is 9.59 Å². The fourth-order valence-corrected chi connectivity index (χ4v) is 1.28. The van der Waals surface area contributed by atoms with E-state index in [-0.39, 0.29) is 6.54 Å². The molecule has 0 rings (SSSR count). The molecule has 0 unspecified atom stereocenters. The number of ether oxygens (including phenoxy) is 2. The smallest absolute Gasteiger partial charge is 0.411 e. The molecule has 0 spiro atoms. The molecule has 0 heterocycles. The highest BCUT2D eigenvalue weighted by molar-refractivity contribution is 5.86. The zero-order valence-electron chi connectivity index (χ0n) is 11.8. The van der Waals surface area contributed by atoms with E-state index in [4.69, 9.17) is 4.74 Å². The van der Waals surface area contributed by atoms with Gasteiger partial charge in [-0.15, -0.1) is 0 Å². The van der Waals surface area contributed by atoms with Crippen LogP contribution in [0.4, 0.5) is 4.79 Å². The van der Waals surface area contributed by atoms with Crippen LogP contribution in [0.2, 0.25) is 0 Å². The summed E-state index contributed by atoms with van der Waals surface area (Å²) in [6.45, 7) is 7.86. The third-order valence-electron chi connectivity index (χ3n) is 2.23. The van der Waals surface area contributed by atoms with Gasteiger partial charge in [-0.3, -0.25) is 4.90 Å². The molecular formula is C12H21NO5. The number of carbonyl (C=O) groups is 3. The van der Waals surface area contributed by atoms with Crippen molar-refractivity contribution in [2.24, 2.45) is 0 Å². The molecule has 0 aromatic carbocycles. The summed E-state index contributed by atoms with van der Waals surface area (Å²) in [4.78, 5) is 35.3. The number of methoxy groups -OCH3 is 1. The van der Waals surface area contributed by atoms with Crippen molar-refractivity contribution in [3.05, 3.63) is 0 Å². The van der Waals surface area contributed by atoms with Crippen molar-refractivity contribution in [1.82, 2.24) is 4.90 Å². The van der Waals surface area contributed by atoms with Crippen LogP contribution in [0.25, 0.3) is 0 Å². The van der Waals surface area contributed by atoms with Crippen LogP contribution in [0.3, 0.4) is 0 Å². The first-order valence-electron chi connectivity index (χ1n) is 5.59. The number of hydrogen-bond acceptors (Lipinski definition) is 5. The Labute approximate surface area is 107 Å². The first-order valence-corrected chi connectivity index (χ1v) is 5.59. The average molecular weight is 259 g/mol. The van der Waals surface area contributed by atoms with Crippen LogP contribution in [-0.4, -0.2) is 48.0 Å². The Kier molecular flexibility index (Phi) is 5.32. The lowest BCUT2D eigenvalue weighted by Crippen LogP contribution is -2.55. The molecule has 0 aliphatic heterocycles. The summed E-state index contributed by atoms with van der Waals surface area (Å²) in [6, 6.07) is 0. The lowest BCUT2D eigenvalue weighted by atomic mass is 10.0. The van der Waals surface area contributed by atoms with Crippen molar-refractivity contribution < 1.29 is 23.9 Å². The third-order valence-corrected chi connectivity index (χ3v) is 2.23. The molecule has 0 N–H and O–H groups in total. The van der Waals surface area contributed by atoms with Crippen LogP contribution < -0.4 is 0 Å². The van der Waals surface area contributed by atoms with Gasteiger partial charge in [-0.05, 0) is 34.6 Å². The van der Waals surface area contributed by atoms with E-state index >= 15 is 0 Å². The minimum atomic E-state index is -1.27. The second kappa shape index (κ2) is 5.84. The number of aldehydes is 1. The number of nitrogens with zero attached hydrogens (tertiary/aromatic N) is 1. The largest absolute Gasteiger partial charge is 0.467 e. The Morgan fingerprint density at radius 3 is 2.00 bits per heavy atom. The van der Waals surface area contributed by atoms with E-state index in [1.165, 1.54) is 21.0 Å². The van der Waals surface area contributed by atoms with Crippen LogP contribution >= 0.6 is 0 Å². The lowest BCUT2D eigenvalue weighted by molar-refractivity contribution is -0.152. The average Bonchev–Trinajstić information content (AvgIpc) is 2.21. The molecule has 0 aliphatic rings. The zero-order valence-corrected chi connectivity index (χ0v) is 11.8. The maximum atomic E-state index is 12.0. The van der Waals surface area contributed by atoms with E-state index in [9.17, 15) is 14.4 Å². The Morgan fingerprint density at radius 1 is 1.17 bits per heavy atom. The minimum Gasteiger partial charge on any atom is -0.467 e. The molecule has 0 radical (unpaired) electrons. The molecule has 6 nitrogen and oxygen atoms in total. The van der Waals surface area contributed by atoms with E-state index in [2.05, 4.69) is 4.74 Å². The molecule has 0 saturated carbocycles. The highest BCUT2D eigenvalue weighted by atomic mass is 16.6. The van der Waals surface area contributed by atoms with Crippen LogP contribution in [0.1, 0.15) is 34.6 Å². The highest BCUT2D eigenvalue weighted by Gasteiger charge is 2.40. The molecule has 0 atom stereocenters. The van der Waals surface area contributed by atoms with Crippen molar-refractivity contribution in [3.8, 4) is 0 Å². The second-order valence-electron chi connectivity index (χ2n) is 5.31. The molecule has 104 valence electrons. The number of rotatable bonds is 4. The first-order chi connectivity index (χ1) is 8.06. The van der Waals surface area contributed by atoms with E-state index in [1.54, 1.807) is 20.8 Å². The Morgan fingerprint density at radius 2 is 1.67 bits per heavy atom. The normalized spacial score (nSPS) is 11.7. The van der Waals surface area contributed by atoms with Gasteiger partial charge in [-0.1, -0.05) is 0 Å². The van der Waals surface area contributed by atoms with Gasteiger partial charge < -0.3 is 14.3 Å². The summed E-state index contributed by atoms with van der Waals surface area (Å²) in [5.74, 6) is -0.616. The molecule has 18 heavy (non-hydrogen) atoms. The van der Waals surface area contributed by atoms with Crippen molar-refractivity contribution >= 4 is 18.3 Å². The van der Waals surface area contributed by atoms with E-state index in [0.717, 1.165) is 4.90 Å². The summed E-state index contributed by atoms with van der Waals surface area (Å²) in [6.07, 6.45) is -0.195. The molecule has 0 aliphatic carbocycles. The maximum absolute atomic E-state index is 12.0. The molecular weight excluding hydrogens is 238 g/mol. The molecule has 0 fully saturated rings. The topological polar surface area (TPSA) is 72.9 Å². The maximum Gasteiger partial charge on any atom is 0.411 e. The fraction of sp³-hybridized carbons (Fsp3) is 0.750. The third kappa shape index (κ3) is 4.35. The van der Waals surface area contributed by atoms with E-state index < -0.39 is 23.2 Å². The first kappa shape index (κ1) is 16.4. The minimum absolute atomic E-state index is 0.239. The van der Waals surface area contributed by atoms with E-state index in [0.29, 0.717) is 6.29 Å². The van der Waals surface area contributed by atoms with Crippen LogP contribution in [0.15, 0.2) is 0 Å². The highest BCUT2D eigenvalue weighted by Crippen LogP contribution is 2.19. The van der Waals surface area contributed by atoms with Gasteiger partial charge in [0.25, 0.3) is 0 Å². The molecule has 0 aromatic rings. The fourth-order valence-electron chi connectivity index (χ4n) is 1.28. The predicted octanol–water partition coefficient (Wildman–Crippen LogP) is 1.37. The van der Waals surface area contributed by atoms with Gasteiger partial charge in [-0.2, -0.15) is 0 Å². The summed E-state index contributed by atoms with van der Waals surface area (Å²) < 4.78 is 9.77. The second-order valence-corrected chi connectivity index (χ2v) is 5.31. The summed E-state index contributed by atoms with van der Waals surface area (Å²) >= 11 is 0. The van der Waals surface area contributed by atoms with Gasteiger partial charge in [0.05, 0.1) is 13.7 Å². The van der Waals surface area contributed by atoms with E-state index in [1.807, 2.05) is 0 Å². The summed E-state index contributed by atoms with van der Waals surface area (Å²) in [7, 11) is 1.22. The zero-order chi connectivity index (χ0) is 14.6. The van der Waals surface area contributed by atoms with Gasteiger partial charge in [0.1, 0.15) is 17.4 Å². The molecule has 0 bridgehead atoms. The standard InChI is InChI=1S/C12H21NO5/c1-11(2,3)18-10(16)13(7-8-14)12(4,5)9(15)17-6/h8H,7H2,1-6H3. The monoisotopic (exact) mass is 259 g/mol. The van der Waals surface area contributed by atoms with Crippen LogP contribution in [-0.2, 0) is 19.1 Å². The summed E-state index contributed by atoms with van der Waals surface area (Å²) in [5, 5.41) is 0. The molecule has 1 amide bonds. The molecule has 0 saturated heterocycles. The number of hydrogen-bond donors (Lipinski definition) is 0. The molecule has 0 aromatic heterocycles. The Bertz CT molecular complexity index is 330. The van der Waals surface area contributed by atoms with Gasteiger partial charge in [0, 0.05) is 0 Å². The van der Waals surface area contributed by atoms with Gasteiger partial charge in [0.2, 0.25) is 0 Å². The van der Waals surface area contributed by atoms with Crippen molar-refractivity contribution in [2.45, 2.75) is 45.8 Å². The lowest BCUT2D eigenvalue weighted by Gasteiger charge is -2.35. The Balaban J connectivity index is 5.12. The Hall–Kier alpha value is -1.59. The SMILES string of the molecule is COC(=O)C(C)(C)N(CC=O)C(=O)OC(C)(C)C. The quantitative estimate of drug-likeness (QED) is 0.563. The van der Waals surface area contributed by atoms with Crippen molar-refractivity contribution in [1.29, 1.82) is 0 Å². The van der Waals surface area contributed by atoms with Gasteiger partial charge in [0.15, 0.2) is 0 Å². The molecule has 6 heteroatoms. The number of esters is 1. The van der Waals surface area contributed by atoms with Crippen molar-refractivity contribution in [2.75, 3.05) is 13.7 Å². The number of carbonyl (C=O) groups excluding carboxylic acids is 3.